The van der Waals surface area contributed by atoms with Crippen LogP contribution in [0.25, 0.3) is 32.8 Å². The maximum atomic E-state index is 13.0. The first-order valence-electron chi connectivity index (χ1n) is 12.4. The SMILES string of the molecule is CCCCc1nc2c(N)nc3ccccc3c2n1CCCCNS(=O)(=O)c1cccc2cccnc12. The number of hydrogen-bond acceptors (Lipinski definition) is 6. The number of aryl methyl sites for hydroxylation is 2. The minimum Gasteiger partial charge on any atom is -0.382 e. The smallest absolute Gasteiger partial charge is 0.242 e. The average Bonchev–Trinajstić information content (AvgIpc) is 3.26. The van der Waals surface area contributed by atoms with Crippen molar-refractivity contribution in [2.45, 2.75) is 50.5 Å². The molecule has 0 fully saturated rings. The normalized spacial score (nSPS) is 12.1. The molecule has 0 unspecified atom stereocenters. The van der Waals surface area contributed by atoms with Crippen LogP contribution < -0.4 is 10.5 Å². The Morgan fingerprint density at radius 1 is 0.944 bits per heavy atom. The van der Waals surface area contributed by atoms with Crippen molar-refractivity contribution in [3.8, 4) is 0 Å². The van der Waals surface area contributed by atoms with E-state index in [1.54, 1.807) is 24.4 Å². The Labute approximate surface area is 210 Å². The second-order valence-corrected chi connectivity index (χ2v) is 10.7. The Kier molecular flexibility index (Phi) is 6.84. The van der Waals surface area contributed by atoms with Crippen molar-refractivity contribution in [1.82, 2.24) is 24.2 Å². The van der Waals surface area contributed by atoms with Crippen LogP contribution in [0.2, 0.25) is 0 Å². The average molecular weight is 503 g/mol. The van der Waals surface area contributed by atoms with Gasteiger partial charge in [0.1, 0.15) is 16.2 Å². The van der Waals surface area contributed by atoms with E-state index in [0.717, 1.165) is 65.4 Å². The predicted octanol–water partition coefficient (Wildman–Crippen LogP) is 4.82. The van der Waals surface area contributed by atoms with E-state index in [0.29, 0.717) is 24.3 Å². The van der Waals surface area contributed by atoms with Gasteiger partial charge in [-0.3, -0.25) is 4.98 Å². The molecule has 5 rings (SSSR count). The van der Waals surface area contributed by atoms with Gasteiger partial charge in [-0.15, -0.1) is 0 Å². The maximum absolute atomic E-state index is 13.0. The largest absolute Gasteiger partial charge is 0.382 e. The first-order chi connectivity index (χ1) is 17.5. The van der Waals surface area contributed by atoms with E-state index in [2.05, 4.69) is 32.2 Å². The topological polar surface area (TPSA) is 116 Å². The Hall–Kier alpha value is -3.56. The summed E-state index contributed by atoms with van der Waals surface area (Å²) >= 11 is 0. The van der Waals surface area contributed by atoms with Crippen molar-refractivity contribution in [1.29, 1.82) is 0 Å². The first kappa shape index (κ1) is 24.1. The van der Waals surface area contributed by atoms with Gasteiger partial charge in [-0.1, -0.05) is 49.7 Å². The molecule has 186 valence electrons. The minimum atomic E-state index is -3.67. The van der Waals surface area contributed by atoms with Crippen molar-refractivity contribution >= 4 is 48.7 Å². The van der Waals surface area contributed by atoms with Crippen LogP contribution in [-0.2, 0) is 23.0 Å². The number of nitrogen functional groups attached to an aromatic ring is 1. The molecule has 0 saturated carbocycles. The van der Waals surface area contributed by atoms with Crippen LogP contribution in [0.15, 0.2) is 65.7 Å². The van der Waals surface area contributed by atoms with Crippen molar-refractivity contribution in [3.05, 3.63) is 66.6 Å². The molecule has 0 radical (unpaired) electrons. The molecule has 0 amide bonds. The second kappa shape index (κ2) is 10.2. The molecule has 0 aliphatic rings. The summed E-state index contributed by atoms with van der Waals surface area (Å²) in [5, 5.41) is 1.83. The summed E-state index contributed by atoms with van der Waals surface area (Å²) in [5.41, 5.74) is 9.36. The van der Waals surface area contributed by atoms with Crippen molar-refractivity contribution in [3.63, 3.8) is 0 Å². The molecule has 8 nitrogen and oxygen atoms in total. The lowest BCUT2D eigenvalue weighted by Crippen LogP contribution is -2.25. The molecule has 3 heterocycles. The molecular formula is C27H30N6O2S. The fourth-order valence-electron chi connectivity index (χ4n) is 4.64. The lowest BCUT2D eigenvalue weighted by Gasteiger charge is -2.12. The number of nitrogens with two attached hydrogens (primary N) is 1. The van der Waals surface area contributed by atoms with Crippen molar-refractivity contribution in [2.24, 2.45) is 0 Å². The quantitative estimate of drug-likeness (QED) is 0.265. The van der Waals surface area contributed by atoms with Crippen molar-refractivity contribution in [2.75, 3.05) is 12.3 Å². The van der Waals surface area contributed by atoms with Gasteiger partial charge < -0.3 is 10.3 Å². The molecule has 0 atom stereocenters. The van der Waals surface area contributed by atoms with E-state index in [4.69, 9.17) is 10.7 Å². The highest BCUT2D eigenvalue weighted by Gasteiger charge is 2.19. The predicted molar refractivity (Wildman–Crippen MR) is 144 cm³/mol. The number of aromatic nitrogens is 4. The summed E-state index contributed by atoms with van der Waals surface area (Å²) in [6, 6.07) is 16.8. The number of anilines is 1. The third-order valence-electron chi connectivity index (χ3n) is 6.43. The first-order valence-corrected chi connectivity index (χ1v) is 13.8. The van der Waals surface area contributed by atoms with Crippen LogP contribution in [-0.4, -0.2) is 34.5 Å². The van der Waals surface area contributed by atoms with E-state index in [1.807, 2.05) is 30.3 Å². The van der Waals surface area contributed by atoms with Gasteiger partial charge in [-0.2, -0.15) is 0 Å². The van der Waals surface area contributed by atoms with Crippen LogP contribution in [0.1, 0.15) is 38.4 Å². The standard InChI is InChI=1S/C27H30N6O2S/c1-2-3-15-23-32-25-26(20-12-4-5-13-21(20)31-27(25)28)33(23)18-7-6-17-30-36(34,35)22-14-8-10-19-11-9-16-29-24(19)22/h4-5,8-14,16,30H,2-3,6-7,15,17-18H2,1H3,(H2,28,31). The molecule has 0 aliphatic heterocycles. The summed E-state index contributed by atoms with van der Waals surface area (Å²) < 4.78 is 31.0. The van der Waals surface area contributed by atoms with Crippen LogP contribution in [0.5, 0.6) is 0 Å². The molecule has 0 saturated heterocycles. The molecular weight excluding hydrogens is 472 g/mol. The number of fused-ring (bicyclic) bond motifs is 4. The van der Waals surface area contributed by atoms with Gasteiger partial charge >= 0.3 is 0 Å². The summed E-state index contributed by atoms with van der Waals surface area (Å²) in [5.74, 6) is 1.44. The highest BCUT2D eigenvalue weighted by Crippen LogP contribution is 2.29. The minimum absolute atomic E-state index is 0.206. The third-order valence-corrected chi connectivity index (χ3v) is 7.92. The molecule has 36 heavy (non-hydrogen) atoms. The van der Waals surface area contributed by atoms with Gasteiger partial charge in [0, 0.05) is 36.5 Å². The van der Waals surface area contributed by atoms with Crippen LogP contribution >= 0.6 is 0 Å². The number of nitrogens with one attached hydrogen (secondary N) is 1. The number of pyridine rings is 2. The molecule has 0 spiro atoms. The van der Waals surface area contributed by atoms with Gasteiger partial charge in [-0.05, 0) is 37.5 Å². The Morgan fingerprint density at radius 2 is 1.78 bits per heavy atom. The second-order valence-electron chi connectivity index (χ2n) is 8.93. The van der Waals surface area contributed by atoms with Gasteiger partial charge in [0.2, 0.25) is 10.0 Å². The number of imidazole rings is 1. The van der Waals surface area contributed by atoms with Crippen LogP contribution in [0.4, 0.5) is 5.82 Å². The number of nitrogens with zero attached hydrogens (tertiary/aromatic N) is 4. The fraction of sp³-hybridized carbons (Fsp3) is 0.296. The molecule has 5 aromatic rings. The van der Waals surface area contributed by atoms with Gasteiger partial charge in [0.05, 0.1) is 16.6 Å². The molecule has 2 aromatic carbocycles. The highest BCUT2D eigenvalue weighted by atomic mass is 32.2. The number of para-hydroxylation sites is 2. The third kappa shape index (κ3) is 4.64. The lowest BCUT2D eigenvalue weighted by atomic mass is 10.2. The Morgan fingerprint density at radius 3 is 2.64 bits per heavy atom. The Balaban J connectivity index is 1.34. The summed E-state index contributed by atoms with van der Waals surface area (Å²) in [6.07, 6.45) is 6.05. The summed E-state index contributed by atoms with van der Waals surface area (Å²) in [6.45, 7) is 3.23. The van der Waals surface area contributed by atoms with E-state index in [-0.39, 0.29) is 4.90 Å². The van der Waals surface area contributed by atoms with E-state index >= 15 is 0 Å². The molecule has 0 bridgehead atoms. The van der Waals surface area contributed by atoms with Crippen LogP contribution in [0.3, 0.4) is 0 Å². The Bertz CT molecular complexity index is 1640. The molecule has 0 aliphatic carbocycles. The molecule has 9 heteroatoms. The molecule has 3 N–H and O–H groups in total. The lowest BCUT2D eigenvalue weighted by molar-refractivity contribution is 0.562. The number of benzene rings is 2. The highest BCUT2D eigenvalue weighted by molar-refractivity contribution is 7.89. The van der Waals surface area contributed by atoms with E-state index in [9.17, 15) is 8.42 Å². The fourth-order valence-corrected chi connectivity index (χ4v) is 5.90. The number of sulfonamides is 1. The summed E-state index contributed by atoms with van der Waals surface area (Å²) in [7, 11) is -3.67. The number of unbranched alkanes of at least 4 members (excludes halogenated alkanes) is 2. The van der Waals surface area contributed by atoms with E-state index < -0.39 is 10.0 Å². The zero-order valence-electron chi connectivity index (χ0n) is 20.3. The van der Waals surface area contributed by atoms with E-state index in [1.165, 1.54) is 0 Å². The van der Waals surface area contributed by atoms with Gasteiger partial charge in [-0.25, -0.2) is 23.1 Å². The monoisotopic (exact) mass is 502 g/mol. The van der Waals surface area contributed by atoms with Crippen LogP contribution in [0, 0.1) is 0 Å². The maximum Gasteiger partial charge on any atom is 0.242 e. The number of hydrogen-bond donors (Lipinski definition) is 2. The zero-order chi connectivity index (χ0) is 25.1. The summed E-state index contributed by atoms with van der Waals surface area (Å²) in [4.78, 5) is 13.9. The molecule has 3 aromatic heterocycles. The number of rotatable bonds is 10. The van der Waals surface area contributed by atoms with Crippen molar-refractivity contribution < 1.29 is 8.42 Å². The van der Waals surface area contributed by atoms with Gasteiger partial charge in [0.25, 0.3) is 0 Å². The van der Waals surface area contributed by atoms with Gasteiger partial charge in [0.15, 0.2) is 5.82 Å². The zero-order valence-corrected chi connectivity index (χ0v) is 21.1.